The predicted molar refractivity (Wildman–Crippen MR) is 58.4 cm³/mol. The molecule has 0 saturated heterocycles. The van der Waals surface area contributed by atoms with Crippen molar-refractivity contribution in [3.63, 3.8) is 0 Å². The molecular formula is C12H17NO. The molecule has 2 nitrogen and oxygen atoms in total. The molecule has 2 heteroatoms. The number of rotatable bonds is 3. The Bertz CT molecular complexity index is 331. The fourth-order valence-electron chi connectivity index (χ4n) is 1.67. The minimum Gasteiger partial charge on any atom is -0.490 e. The molecule has 0 aromatic heterocycles. The smallest absolute Gasteiger partial charge is 0.122 e. The van der Waals surface area contributed by atoms with E-state index in [1.807, 2.05) is 25.1 Å². The lowest BCUT2D eigenvalue weighted by Crippen LogP contribution is -2.14. The van der Waals surface area contributed by atoms with Crippen molar-refractivity contribution in [2.75, 3.05) is 5.73 Å². The van der Waals surface area contributed by atoms with Crippen molar-refractivity contribution in [1.29, 1.82) is 0 Å². The van der Waals surface area contributed by atoms with Crippen molar-refractivity contribution in [1.82, 2.24) is 0 Å². The zero-order valence-electron chi connectivity index (χ0n) is 8.79. The molecule has 2 N–H and O–H groups in total. The first-order valence-corrected chi connectivity index (χ1v) is 5.19. The summed E-state index contributed by atoms with van der Waals surface area (Å²) in [5.41, 5.74) is 7.60. The molecule has 0 spiro atoms. The van der Waals surface area contributed by atoms with E-state index in [2.05, 4.69) is 6.92 Å². The fraction of sp³-hybridized carbons (Fsp3) is 0.500. The van der Waals surface area contributed by atoms with Gasteiger partial charge in [0.1, 0.15) is 5.75 Å². The molecule has 1 atom stereocenters. The molecule has 14 heavy (non-hydrogen) atoms. The molecule has 1 aliphatic carbocycles. The highest BCUT2D eigenvalue weighted by molar-refractivity contribution is 5.47. The second kappa shape index (κ2) is 3.52. The maximum absolute atomic E-state index is 5.87. The number of aryl methyl sites for hydroxylation is 1. The van der Waals surface area contributed by atoms with Crippen molar-refractivity contribution in [2.45, 2.75) is 32.8 Å². The summed E-state index contributed by atoms with van der Waals surface area (Å²) < 4.78 is 5.87. The molecule has 0 amide bonds. The summed E-state index contributed by atoms with van der Waals surface area (Å²) in [5, 5.41) is 0. The van der Waals surface area contributed by atoms with Crippen molar-refractivity contribution in [3.8, 4) is 5.75 Å². The summed E-state index contributed by atoms with van der Waals surface area (Å²) >= 11 is 0. The van der Waals surface area contributed by atoms with Crippen LogP contribution in [0.3, 0.4) is 0 Å². The Morgan fingerprint density at radius 3 is 2.71 bits per heavy atom. The number of ether oxygens (including phenoxy) is 1. The van der Waals surface area contributed by atoms with Gasteiger partial charge in [-0.15, -0.1) is 0 Å². The summed E-state index contributed by atoms with van der Waals surface area (Å²) in [5.74, 6) is 1.74. The van der Waals surface area contributed by atoms with Crippen LogP contribution in [0.15, 0.2) is 18.2 Å². The number of nitrogens with two attached hydrogens (primary N) is 1. The minimum atomic E-state index is 0.345. The third-order valence-electron chi connectivity index (χ3n) is 2.80. The fourth-order valence-corrected chi connectivity index (χ4v) is 1.67. The summed E-state index contributed by atoms with van der Waals surface area (Å²) in [6, 6.07) is 5.81. The van der Waals surface area contributed by atoms with E-state index in [0.717, 1.165) is 22.9 Å². The van der Waals surface area contributed by atoms with E-state index in [9.17, 15) is 0 Å². The lowest BCUT2D eigenvalue weighted by Gasteiger charge is -2.15. The van der Waals surface area contributed by atoms with Crippen LogP contribution in [0.2, 0.25) is 0 Å². The SMILES string of the molecule is Cc1cc(N)ccc1O[C@H](C)C1CC1. The van der Waals surface area contributed by atoms with Crippen LogP contribution in [0, 0.1) is 12.8 Å². The number of anilines is 1. The topological polar surface area (TPSA) is 35.2 Å². The van der Waals surface area contributed by atoms with E-state index in [-0.39, 0.29) is 0 Å². The van der Waals surface area contributed by atoms with Crippen LogP contribution in [-0.4, -0.2) is 6.10 Å². The molecule has 0 aliphatic heterocycles. The first-order valence-electron chi connectivity index (χ1n) is 5.19. The van der Waals surface area contributed by atoms with Gasteiger partial charge in [0.25, 0.3) is 0 Å². The van der Waals surface area contributed by atoms with Gasteiger partial charge in [0, 0.05) is 5.69 Å². The largest absolute Gasteiger partial charge is 0.490 e. The Kier molecular flexibility index (Phi) is 2.36. The van der Waals surface area contributed by atoms with Crippen molar-refractivity contribution < 1.29 is 4.74 Å². The lowest BCUT2D eigenvalue weighted by molar-refractivity contribution is 0.197. The van der Waals surface area contributed by atoms with E-state index >= 15 is 0 Å². The number of hydrogen-bond donors (Lipinski definition) is 1. The van der Waals surface area contributed by atoms with E-state index < -0.39 is 0 Å². The summed E-state index contributed by atoms with van der Waals surface area (Å²) in [6.07, 6.45) is 2.97. The van der Waals surface area contributed by atoms with Crippen molar-refractivity contribution in [2.24, 2.45) is 5.92 Å². The van der Waals surface area contributed by atoms with Gasteiger partial charge in [-0.25, -0.2) is 0 Å². The van der Waals surface area contributed by atoms with Gasteiger partial charge < -0.3 is 10.5 Å². The Morgan fingerprint density at radius 2 is 2.14 bits per heavy atom. The Balaban J connectivity index is 2.07. The van der Waals surface area contributed by atoms with Crippen LogP contribution in [-0.2, 0) is 0 Å². The highest BCUT2D eigenvalue weighted by Gasteiger charge is 2.29. The molecule has 0 bridgehead atoms. The standard InChI is InChI=1S/C12H17NO/c1-8-7-11(13)5-6-12(8)14-9(2)10-3-4-10/h5-7,9-10H,3-4,13H2,1-2H3/t9-/m1/s1. The first kappa shape index (κ1) is 9.38. The number of nitrogen functional groups attached to an aromatic ring is 1. The average Bonchev–Trinajstić information content (AvgIpc) is 2.92. The van der Waals surface area contributed by atoms with Crippen LogP contribution in [0.25, 0.3) is 0 Å². The molecule has 1 aromatic rings. The van der Waals surface area contributed by atoms with Gasteiger partial charge in [-0.05, 0) is 56.4 Å². The van der Waals surface area contributed by atoms with E-state index in [1.54, 1.807) is 0 Å². The maximum Gasteiger partial charge on any atom is 0.122 e. The van der Waals surface area contributed by atoms with Crippen LogP contribution >= 0.6 is 0 Å². The highest BCUT2D eigenvalue weighted by atomic mass is 16.5. The predicted octanol–water partition coefficient (Wildman–Crippen LogP) is 2.75. The molecule has 0 heterocycles. The van der Waals surface area contributed by atoms with E-state index in [1.165, 1.54) is 12.8 Å². The highest BCUT2D eigenvalue weighted by Crippen LogP contribution is 2.35. The molecule has 0 unspecified atom stereocenters. The van der Waals surface area contributed by atoms with Gasteiger partial charge >= 0.3 is 0 Å². The molecule has 76 valence electrons. The minimum absolute atomic E-state index is 0.345. The monoisotopic (exact) mass is 191 g/mol. The lowest BCUT2D eigenvalue weighted by atomic mass is 10.2. The first-order chi connectivity index (χ1) is 6.66. The van der Waals surface area contributed by atoms with Crippen LogP contribution < -0.4 is 10.5 Å². The quantitative estimate of drug-likeness (QED) is 0.745. The van der Waals surface area contributed by atoms with Gasteiger partial charge in [0.05, 0.1) is 6.10 Å². The van der Waals surface area contributed by atoms with Gasteiger partial charge in [-0.1, -0.05) is 0 Å². The molecule has 1 saturated carbocycles. The summed E-state index contributed by atoms with van der Waals surface area (Å²) in [7, 11) is 0. The van der Waals surface area contributed by atoms with Crippen LogP contribution in [0.5, 0.6) is 5.75 Å². The Morgan fingerprint density at radius 1 is 1.43 bits per heavy atom. The molecule has 1 aromatic carbocycles. The molecular weight excluding hydrogens is 174 g/mol. The van der Waals surface area contributed by atoms with Crippen molar-refractivity contribution in [3.05, 3.63) is 23.8 Å². The van der Waals surface area contributed by atoms with Gasteiger partial charge in [0.15, 0.2) is 0 Å². The number of hydrogen-bond acceptors (Lipinski definition) is 2. The van der Waals surface area contributed by atoms with E-state index in [4.69, 9.17) is 10.5 Å². The molecule has 2 rings (SSSR count). The zero-order valence-corrected chi connectivity index (χ0v) is 8.79. The van der Waals surface area contributed by atoms with Gasteiger partial charge in [0.2, 0.25) is 0 Å². The van der Waals surface area contributed by atoms with Crippen LogP contribution in [0.4, 0.5) is 5.69 Å². The Labute approximate surface area is 85.1 Å². The average molecular weight is 191 g/mol. The molecule has 0 radical (unpaired) electrons. The third kappa shape index (κ3) is 2.00. The van der Waals surface area contributed by atoms with Crippen LogP contribution in [0.1, 0.15) is 25.3 Å². The maximum atomic E-state index is 5.87. The Hall–Kier alpha value is -1.18. The second-order valence-corrected chi connectivity index (χ2v) is 4.19. The summed E-state index contributed by atoms with van der Waals surface area (Å²) in [6.45, 7) is 4.18. The second-order valence-electron chi connectivity index (χ2n) is 4.19. The van der Waals surface area contributed by atoms with Gasteiger partial charge in [-0.2, -0.15) is 0 Å². The van der Waals surface area contributed by atoms with E-state index in [0.29, 0.717) is 6.10 Å². The zero-order chi connectivity index (χ0) is 10.1. The molecule has 1 fully saturated rings. The van der Waals surface area contributed by atoms with Gasteiger partial charge in [-0.3, -0.25) is 0 Å². The number of benzene rings is 1. The normalized spacial score (nSPS) is 17.9. The third-order valence-corrected chi connectivity index (χ3v) is 2.80. The summed E-state index contributed by atoms with van der Waals surface area (Å²) in [4.78, 5) is 0. The van der Waals surface area contributed by atoms with Crippen molar-refractivity contribution >= 4 is 5.69 Å². The molecule has 1 aliphatic rings.